The first-order valence-electron chi connectivity index (χ1n) is 11.2. The molecule has 0 spiro atoms. The fourth-order valence-corrected chi connectivity index (χ4v) is 6.37. The number of nitro groups is 1. The minimum Gasteiger partial charge on any atom is -0.324 e. The highest BCUT2D eigenvalue weighted by Crippen LogP contribution is 2.35. The number of aryl methyl sites for hydroxylation is 2. The van der Waals surface area contributed by atoms with E-state index in [1.165, 1.54) is 17.0 Å². The van der Waals surface area contributed by atoms with E-state index in [0.29, 0.717) is 21.1 Å². The van der Waals surface area contributed by atoms with Gasteiger partial charge in [-0.05, 0) is 49.4 Å². The monoisotopic (exact) mass is 517 g/mol. The van der Waals surface area contributed by atoms with Crippen molar-refractivity contribution in [3.63, 3.8) is 0 Å². The van der Waals surface area contributed by atoms with Gasteiger partial charge in [0.2, 0.25) is 5.91 Å². The van der Waals surface area contributed by atoms with Crippen LogP contribution in [0.25, 0.3) is 15.9 Å². The molecule has 4 aromatic rings. The van der Waals surface area contributed by atoms with Crippen LogP contribution in [0.2, 0.25) is 0 Å². The van der Waals surface area contributed by atoms with E-state index in [4.69, 9.17) is 4.98 Å². The number of non-ortho nitro benzene ring substituents is 1. The molecular weight excluding hydrogens is 498 g/mol. The summed E-state index contributed by atoms with van der Waals surface area (Å²) in [5, 5.41) is 24.0. The molecule has 0 aliphatic heterocycles. The summed E-state index contributed by atoms with van der Waals surface area (Å²) in [5.74, 6) is -0.498. The molecular formula is C25H19N5O4S2. The number of nitriles is 1. The molecule has 36 heavy (non-hydrogen) atoms. The molecule has 2 aromatic heterocycles. The zero-order chi connectivity index (χ0) is 25.2. The molecule has 0 saturated carbocycles. The lowest BCUT2D eigenvalue weighted by Gasteiger charge is -2.13. The van der Waals surface area contributed by atoms with Crippen molar-refractivity contribution < 1.29 is 9.72 Å². The average molecular weight is 518 g/mol. The summed E-state index contributed by atoms with van der Waals surface area (Å²) in [4.78, 5) is 43.5. The number of para-hydroxylation sites is 1. The predicted octanol–water partition coefficient (Wildman–Crippen LogP) is 4.84. The van der Waals surface area contributed by atoms with E-state index in [2.05, 4.69) is 5.32 Å². The van der Waals surface area contributed by atoms with Crippen molar-refractivity contribution in [3.8, 4) is 11.8 Å². The van der Waals surface area contributed by atoms with Gasteiger partial charge >= 0.3 is 0 Å². The van der Waals surface area contributed by atoms with Crippen LogP contribution < -0.4 is 10.9 Å². The van der Waals surface area contributed by atoms with Gasteiger partial charge < -0.3 is 5.32 Å². The molecule has 11 heteroatoms. The van der Waals surface area contributed by atoms with E-state index in [9.17, 15) is 25.0 Å². The van der Waals surface area contributed by atoms with E-state index in [1.54, 1.807) is 15.9 Å². The van der Waals surface area contributed by atoms with Gasteiger partial charge in [-0.2, -0.15) is 5.26 Å². The van der Waals surface area contributed by atoms with Crippen LogP contribution in [0.4, 0.5) is 11.4 Å². The zero-order valence-electron chi connectivity index (χ0n) is 18.9. The lowest BCUT2D eigenvalue weighted by atomic mass is 9.97. The number of anilines is 1. The van der Waals surface area contributed by atoms with Crippen molar-refractivity contribution in [3.05, 3.63) is 85.0 Å². The SMILES string of the molecule is N#Cc1cc([N+](=O)[O-])ccc1NC(=O)CSc1nc2sc3c(c2c(=O)n1-c1ccccc1)CCCC3. The summed E-state index contributed by atoms with van der Waals surface area (Å²) >= 11 is 2.67. The highest BCUT2D eigenvalue weighted by molar-refractivity contribution is 7.99. The predicted molar refractivity (Wildman–Crippen MR) is 139 cm³/mol. The first-order valence-corrected chi connectivity index (χ1v) is 13.0. The van der Waals surface area contributed by atoms with E-state index in [1.807, 2.05) is 36.4 Å². The number of amides is 1. The summed E-state index contributed by atoms with van der Waals surface area (Å²) in [6, 6.07) is 14.7. The number of carbonyl (C=O) groups is 1. The van der Waals surface area contributed by atoms with Crippen LogP contribution in [0.1, 0.15) is 28.8 Å². The summed E-state index contributed by atoms with van der Waals surface area (Å²) in [6.45, 7) is 0. The number of rotatable bonds is 6. The lowest BCUT2D eigenvalue weighted by molar-refractivity contribution is -0.384. The maximum absolute atomic E-state index is 13.7. The number of hydrogen-bond acceptors (Lipinski definition) is 8. The molecule has 0 radical (unpaired) electrons. The first-order chi connectivity index (χ1) is 17.5. The average Bonchev–Trinajstić information content (AvgIpc) is 3.27. The number of carbonyl (C=O) groups excluding carboxylic acids is 1. The summed E-state index contributed by atoms with van der Waals surface area (Å²) < 4.78 is 1.55. The second-order valence-corrected chi connectivity index (χ2v) is 10.2. The second-order valence-electron chi connectivity index (χ2n) is 8.20. The topological polar surface area (TPSA) is 131 Å². The minimum atomic E-state index is -0.602. The van der Waals surface area contributed by atoms with Crippen LogP contribution in [0, 0.1) is 21.4 Å². The number of benzene rings is 2. The molecule has 0 saturated heterocycles. The Bertz CT molecular complexity index is 1600. The van der Waals surface area contributed by atoms with Gasteiger partial charge in [-0.15, -0.1) is 11.3 Å². The molecule has 2 aromatic carbocycles. The third kappa shape index (κ3) is 4.48. The number of thiophene rings is 1. The fourth-order valence-electron chi connectivity index (χ4n) is 4.25. The largest absolute Gasteiger partial charge is 0.324 e. The van der Waals surface area contributed by atoms with Crippen molar-refractivity contribution >= 4 is 50.6 Å². The molecule has 0 bridgehead atoms. The van der Waals surface area contributed by atoms with Crippen LogP contribution >= 0.6 is 23.1 Å². The van der Waals surface area contributed by atoms with Crippen LogP contribution in [0.15, 0.2) is 58.5 Å². The molecule has 0 unspecified atom stereocenters. The van der Waals surface area contributed by atoms with Crippen molar-refractivity contribution in [2.45, 2.75) is 30.8 Å². The molecule has 1 amide bonds. The quantitative estimate of drug-likeness (QED) is 0.168. The lowest BCUT2D eigenvalue weighted by Crippen LogP contribution is -2.23. The molecule has 9 nitrogen and oxygen atoms in total. The van der Waals surface area contributed by atoms with E-state index >= 15 is 0 Å². The molecule has 2 heterocycles. The third-order valence-corrected chi connectivity index (χ3v) is 8.04. The third-order valence-electron chi connectivity index (χ3n) is 5.91. The Balaban J connectivity index is 1.47. The van der Waals surface area contributed by atoms with Gasteiger partial charge in [-0.3, -0.25) is 24.3 Å². The zero-order valence-corrected chi connectivity index (χ0v) is 20.5. The van der Waals surface area contributed by atoms with E-state index in [-0.39, 0.29) is 28.3 Å². The van der Waals surface area contributed by atoms with Crippen LogP contribution in [0.3, 0.4) is 0 Å². The smallest absolute Gasteiger partial charge is 0.270 e. The number of fused-ring (bicyclic) bond motifs is 3. The molecule has 0 fully saturated rings. The van der Waals surface area contributed by atoms with Crippen molar-refractivity contribution in [2.75, 3.05) is 11.1 Å². The highest BCUT2D eigenvalue weighted by Gasteiger charge is 2.23. The van der Waals surface area contributed by atoms with Crippen LogP contribution in [-0.4, -0.2) is 26.1 Å². The number of thioether (sulfide) groups is 1. The molecule has 1 N–H and O–H groups in total. The Labute approximate surface area is 213 Å². The van der Waals surface area contributed by atoms with Gasteiger partial charge in [-0.25, -0.2) is 4.98 Å². The Morgan fingerprint density at radius 3 is 2.75 bits per heavy atom. The Morgan fingerprint density at radius 1 is 1.22 bits per heavy atom. The Kier molecular flexibility index (Phi) is 6.54. The minimum absolute atomic E-state index is 0.00699. The van der Waals surface area contributed by atoms with Crippen molar-refractivity contribution in [2.24, 2.45) is 0 Å². The molecule has 0 atom stereocenters. The van der Waals surface area contributed by atoms with Crippen LogP contribution in [-0.2, 0) is 17.6 Å². The first kappa shape index (κ1) is 23.7. The maximum Gasteiger partial charge on any atom is 0.270 e. The molecule has 180 valence electrons. The number of aromatic nitrogens is 2. The van der Waals surface area contributed by atoms with Gasteiger partial charge in [-0.1, -0.05) is 30.0 Å². The Hall–Kier alpha value is -4.01. The Morgan fingerprint density at radius 2 is 2.00 bits per heavy atom. The van der Waals surface area contributed by atoms with Gasteiger partial charge in [0.1, 0.15) is 10.9 Å². The normalized spacial score (nSPS) is 12.6. The molecule has 1 aliphatic carbocycles. The van der Waals surface area contributed by atoms with Gasteiger partial charge in [0.05, 0.1) is 33.0 Å². The number of nitrogens with zero attached hydrogens (tertiary/aromatic N) is 4. The number of nitrogens with one attached hydrogen (secondary N) is 1. The number of hydrogen-bond donors (Lipinski definition) is 1. The molecule has 5 rings (SSSR count). The summed E-state index contributed by atoms with van der Waals surface area (Å²) in [5.41, 5.74) is 1.56. The fraction of sp³-hybridized carbons (Fsp3) is 0.200. The van der Waals surface area contributed by atoms with Gasteiger partial charge in [0.25, 0.3) is 11.2 Å². The summed E-state index contributed by atoms with van der Waals surface area (Å²) in [6.07, 6.45) is 3.96. The van der Waals surface area contributed by atoms with Gasteiger partial charge in [0, 0.05) is 17.0 Å². The summed E-state index contributed by atoms with van der Waals surface area (Å²) in [7, 11) is 0. The van der Waals surface area contributed by atoms with Gasteiger partial charge in [0.15, 0.2) is 5.16 Å². The standard InChI is InChI=1S/C25H19N5O4S2/c26-13-15-12-17(30(33)34)10-11-19(15)27-21(31)14-35-25-28-23-22(18-8-4-5-9-20(18)36-23)24(32)29(25)16-6-2-1-3-7-16/h1-3,6-7,10-12H,4-5,8-9,14H2,(H,27,31). The second kappa shape index (κ2) is 9.93. The number of nitro benzene ring substituents is 1. The van der Waals surface area contributed by atoms with Crippen molar-refractivity contribution in [1.29, 1.82) is 5.26 Å². The van der Waals surface area contributed by atoms with E-state index in [0.717, 1.165) is 49.1 Å². The van der Waals surface area contributed by atoms with E-state index < -0.39 is 10.8 Å². The molecule has 1 aliphatic rings. The highest BCUT2D eigenvalue weighted by atomic mass is 32.2. The maximum atomic E-state index is 13.7. The van der Waals surface area contributed by atoms with Crippen molar-refractivity contribution in [1.82, 2.24) is 9.55 Å². The van der Waals surface area contributed by atoms with Crippen LogP contribution in [0.5, 0.6) is 0 Å².